The summed E-state index contributed by atoms with van der Waals surface area (Å²) < 4.78 is 14.4. The summed E-state index contributed by atoms with van der Waals surface area (Å²) in [6.07, 6.45) is 5.13. The Morgan fingerprint density at radius 1 is 0.767 bits per heavy atom. The molecule has 0 aliphatic rings. The van der Waals surface area contributed by atoms with Crippen LogP contribution in [0.4, 0.5) is 4.39 Å². The normalized spacial score (nSPS) is 11.0. The van der Waals surface area contributed by atoms with E-state index in [0.29, 0.717) is 27.8 Å². The molecule has 4 heterocycles. The number of hydrogen-bond donors (Lipinski definition) is 0. The lowest BCUT2D eigenvalue weighted by Crippen LogP contribution is -1.94. The highest BCUT2D eigenvalue weighted by Gasteiger charge is 2.14. The van der Waals surface area contributed by atoms with Crippen LogP contribution in [0.15, 0.2) is 79.3 Å². The summed E-state index contributed by atoms with van der Waals surface area (Å²) in [4.78, 5) is 13.3. The Bertz CT molecular complexity index is 1370. The van der Waals surface area contributed by atoms with Crippen LogP contribution < -0.4 is 0 Å². The van der Waals surface area contributed by atoms with Gasteiger partial charge in [-0.1, -0.05) is 23.7 Å². The number of nitrogens with zero attached hydrogens (tertiary/aromatic N) is 5. The van der Waals surface area contributed by atoms with Gasteiger partial charge in [0.1, 0.15) is 5.82 Å². The number of benzene rings is 1. The second-order valence-electron chi connectivity index (χ2n) is 6.61. The fraction of sp³-hybridized carbons (Fsp3) is 0. The van der Waals surface area contributed by atoms with Gasteiger partial charge < -0.3 is 0 Å². The van der Waals surface area contributed by atoms with Gasteiger partial charge in [0, 0.05) is 40.7 Å². The maximum Gasteiger partial charge on any atom is 0.160 e. The van der Waals surface area contributed by atoms with E-state index in [1.165, 1.54) is 6.07 Å². The molecule has 0 fully saturated rings. The Morgan fingerprint density at radius 2 is 1.63 bits per heavy atom. The summed E-state index contributed by atoms with van der Waals surface area (Å²) in [5.74, 6) is -0.338. The number of hydrogen-bond acceptors (Lipinski definition) is 5. The molecule has 0 N–H and O–H groups in total. The fourth-order valence-electron chi connectivity index (χ4n) is 3.30. The van der Waals surface area contributed by atoms with E-state index in [2.05, 4.69) is 25.1 Å². The zero-order valence-electron chi connectivity index (χ0n) is 15.5. The molecule has 0 saturated carbocycles. The molecular weight excluding hydrogens is 401 g/mol. The molecule has 7 heteroatoms. The van der Waals surface area contributed by atoms with Crippen molar-refractivity contribution in [1.82, 2.24) is 25.1 Å². The van der Waals surface area contributed by atoms with Gasteiger partial charge >= 0.3 is 0 Å². The molecule has 144 valence electrons. The molecule has 30 heavy (non-hydrogen) atoms. The van der Waals surface area contributed by atoms with Crippen molar-refractivity contribution in [3.63, 3.8) is 0 Å². The molecule has 4 aromatic heterocycles. The van der Waals surface area contributed by atoms with Crippen LogP contribution in [0.1, 0.15) is 0 Å². The van der Waals surface area contributed by atoms with E-state index in [1.807, 2.05) is 24.3 Å². The first kappa shape index (κ1) is 18.3. The number of pyridine rings is 3. The van der Waals surface area contributed by atoms with Gasteiger partial charge in [0.25, 0.3) is 0 Å². The fourth-order valence-corrected chi connectivity index (χ4v) is 3.40. The number of halogens is 2. The highest BCUT2D eigenvalue weighted by molar-refractivity contribution is 6.29. The van der Waals surface area contributed by atoms with Gasteiger partial charge in [-0.15, -0.1) is 10.2 Å². The van der Waals surface area contributed by atoms with Crippen LogP contribution in [-0.2, 0) is 0 Å². The van der Waals surface area contributed by atoms with Crippen molar-refractivity contribution in [3.8, 4) is 33.6 Å². The molecule has 0 aliphatic heterocycles. The van der Waals surface area contributed by atoms with Crippen LogP contribution >= 0.6 is 11.6 Å². The topological polar surface area (TPSA) is 64.5 Å². The van der Waals surface area contributed by atoms with Crippen molar-refractivity contribution in [3.05, 3.63) is 90.2 Å². The van der Waals surface area contributed by atoms with E-state index in [-0.39, 0.29) is 5.82 Å². The molecule has 0 atom stereocenters. The highest BCUT2D eigenvalue weighted by Crippen LogP contribution is 2.33. The third kappa shape index (κ3) is 3.38. The van der Waals surface area contributed by atoms with E-state index >= 15 is 0 Å². The molecule has 5 aromatic rings. The molecule has 0 amide bonds. The summed E-state index contributed by atoms with van der Waals surface area (Å²) >= 11 is 5.85. The van der Waals surface area contributed by atoms with Gasteiger partial charge in [0.2, 0.25) is 0 Å². The zero-order valence-corrected chi connectivity index (χ0v) is 16.3. The second-order valence-corrected chi connectivity index (χ2v) is 7.00. The molecule has 0 aliphatic carbocycles. The van der Waals surface area contributed by atoms with Gasteiger partial charge in [-0.05, 0) is 54.1 Å². The summed E-state index contributed by atoms with van der Waals surface area (Å²) in [7, 11) is 0. The van der Waals surface area contributed by atoms with E-state index in [0.717, 1.165) is 22.1 Å². The van der Waals surface area contributed by atoms with Crippen LogP contribution in [0, 0.1) is 5.82 Å². The maximum absolute atomic E-state index is 14.4. The Kier molecular flexibility index (Phi) is 4.61. The Morgan fingerprint density at radius 3 is 2.47 bits per heavy atom. The summed E-state index contributed by atoms with van der Waals surface area (Å²) in [6, 6.07) is 17.6. The average Bonchev–Trinajstić information content (AvgIpc) is 2.79. The van der Waals surface area contributed by atoms with Crippen molar-refractivity contribution in [2.24, 2.45) is 0 Å². The van der Waals surface area contributed by atoms with Gasteiger partial charge in [-0.2, -0.15) is 0 Å². The number of fused-ring (bicyclic) bond motifs is 1. The van der Waals surface area contributed by atoms with Crippen LogP contribution in [0.5, 0.6) is 0 Å². The van der Waals surface area contributed by atoms with Crippen molar-refractivity contribution in [1.29, 1.82) is 0 Å². The predicted octanol–water partition coefficient (Wildman–Crippen LogP) is 5.61. The lowest BCUT2D eigenvalue weighted by Gasteiger charge is -2.11. The number of aromatic nitrogens is 5. The molecule has 0 spiro atoms. The second kappa shape index (κ2) is 7.57. The van der Waals surface area contributed by atoms with Crippen LogP contribution in [0.2, 0.25) is 5.15 Å². The van der Waals surface area contributed by atoms with Crippen molar-refractivity contribution < 1.29 is 4.39 Å². The van der Waals surface area contributed by atoms with Gasteiger partial charge in [-0.3, -0.25) is 4.98 Å². The van der Waals surface area contributed by atoms with Gasteiger partial charge in [0.05, 0.1) is 11.4 Å². The van der Waals surface area contributed by atoms with Gasteiger partial charge in [-0.25, -0.2) is 14.4 Å². The monoisotopic (exact) mass is 413 g/mol. The maximum atomic E-state index is 14.4. The van der Waals surface area contributed by atoms with Crippen molar-refractivity contribution in [2.45, 2.75) is 0 Å². The molecule has 0 bridgehead atoms. The van der Waals surface area contributed by atoms with Crippen molar-refractivity contribution in [2.75, 3.05) is 0 Å². The average molecular weight is 414 g/mol. The zero-order chi connectivity index (χ0) is 20.5. The molecule has 5 nitrogen and oxygen atoms in total. The molecule has 0 unspecified atom stereocenters. The molecule has 1 aromatic carbocycles. The Hall–Kier alpha value is -3.77. The minimum Gasteiger partial charge on any atom is -0.263 e. The lowest BCUT2D eigenvalue weighted by molar-refractivity contribution is 0.631. The molecular formula is C23H13ClFN5. The highest BCUT2D eigenvalue weighted by atomic mass is 35.5. The van der Waals surface area contributed by atoms with E-state index in [4.69, 9.17) is 11.6 Å². The van der Waals surface area contributed by atoms with Crippen molar-refractivity contribution >= 4 is 22.6 Å². The summed E-state index contributed by atoms with van der Waals surface area (Å²) in [6.45, 7) is 0. The van der Waals surface area contributed by atoms with E-state index in [9.17, 15) is 4.39 Å². The van der Waals surface area contributed by atoms with E-state index < -0.39 is 0 Å². The SMILES string of the molecule is Fc1ccccc1-c1cc(-c2cncc(-c3ccc(Cl)nn3)c2)c2cccnc2n1. The van der Waals surface area contributed by atoms with Crippen LogP contribution in [0.3, 0.4) is 0 Å². The third-order valence-electron chi connectivity index (χ3n) is 4.71. The minimum atomic E-state index is -0.338. The predicted molar refractivity (Wildman–Crippen MR) is 114 cm³/mol. The first-order chi connectivity index (χ1) is 14.7. The molecule has 0 saturated heterocycles. The Balaban J connectivity index is 1.72. The molecule has 5 rings (SSSR count). The first-order valence-corrected chi connectivity index (χ1v) is 9.52. The van der Waals surface area contributed by atoms with E-state index in [1.54, 1.807) is 48.9 Å². The standard InChI is InChI=1S/C23H13ClFN5/c24-22-8-7-20(29-30-22)15-10-14(12-26-13-15)18-11-21(17-4-1-2-6-19(17)25)28-23-16(18)5-3-9-27-23/h1-13H. The quantitative estimate of drug-likeness (QED) is 0.384. The van der Waals surface area contributed by atoms with Crippen LogP contribution in [-0.4, -0.2) is 25.1 Å². The third-order valence-corrected chi connectivity index (χ3v) is 4.91. The smallest absolute Gasteiger partial charge is 0.160 e. The summed E-state index contributed by atoms with van der Waals surface area (Å²) in [5, 5.41) is 9.19. The largest absolute Gasteiger partial charge is 0.263 e. The lowest BCUT2D eigenvalue weighted by atomic mass is 9.99. The molecule has 0 radical (unpaired) electrons. The van der Waals surface area contributed by atoms with Gasteiger partial charge in [0.15, 0.2) is 10.8 Å². The first-order valence-electron chi connectivity index (χ1n) is 9.15. The number of rotatable bonds is 3. The Labute approximate surface area is 176 Å². The minimum absolute atomic E-state index is 0.323. The van der Waals surface area contributed by atoms with Crippen LogP contribution in [0.25, 0.3) is 44.7 Å². The summed E-state index contributed by atoms with van der Waals surface area (Å²) in [5.41, 5.74) is 4.58.